The summed E-state index contributed by atoms with van der Waals surface area (Å²) in [6.07, 6.45) is 0.253. The van der Waals surface area contributed by atoms with Crippen molar-refractivity contribution in [3.63, 3.8) is 0 Å². The van der Waals surface area contributed by atoms with Gasteiger partial charge in [-0.05, 0) is 38.3 Å². The Labute approximate surface area is 130 Å². The quantitative estimate of drug-likeness (QED) is 0.600. The summed E-state index contributed by atoms with van der Waals surface area (Å²) in [6, 6.07) is 18.3. The number of ketones is 1. The normalized spacial score (nSPS) is 10.8. The van der Waals surface area contributed by atoms with E-state index in [1.54, 1.807) is 12.1 Å². The van der Waals surface area contributed by atoms with Crippen LogP contribution in [0.5, 0.6) is 0 Å². The fourth-order valence-corrected chi connectivity index (χ4v) is 2.92. The second kappa shape index (κ2) is 5.78. The van der Waals surface area contributed by atoms with Gasteiger partial charge < -0.3 is 0 Å². The van der Waals surface area contributed by atoms with Crippen LogP contribution in [0.2, 0.25) is 0 Å². The van der Waals surface area contributed by atoms with Crippen LogP contribution in [0.1, 0.15) is 15.9 Å². The van der Waals surface area contributed by atoms with Crippen molar-refractivity contribution in [1.82, 2.24) is 0 Å². The predicted octanol–water partition coefficient (Wildman–Crippen LogP) is 5.17. The molecule has 0 aliphatic rings. The smallest absolute Gasteiger partial charge is 0.168 e. The first-order valence-electron chi connectivity index (χ1n) is 6.60. The molecule has 3 rings (SSSR count). The molecular formula is C18H12BrFO. The van der Waals surface area contributed by atoms with Crippen molar-refractivity contribution in [1.29, 1.82) is 0 Å². The molecule has 0 aliphatic carbocycles. The van der Waals surface area contributed by atoms with Gasteiger partial charge in [-0.25, -0.2) is 4.39 Å². The number of carbonyl (C=O) groups is 1. The SMILES string of the molecule is O=C(Cc1cccc2ccccc12)c1cccc(F)c1Br. The number of fused-ring (bicyclic) bond motifs is 1. The molecule has 0 N–H and O–H groups in total. The Morgan fingerprint density at radius 1 is 0.952 bits per heavy atom. The van der Waals surface area contributed by atoms with Crippen molar-refractivity contribution in [2.45, 2.75) is 6.42 Å². The Balaban J connectivity index is 1.99. The lowest BCUT2D eigenvalue weighted by molar-refractivity contribution is 0.0992. The van der Waals surface area contributed by atoms with Crippen molar-refractivity contribution < 1.29 is 9.18 Å². The van der Waals surface area contributed by atoms with Gasteiger partial charge >= 0.3 is 0 Å². The zero-order valence-corrected chi connectivity index (χ0v) is 12.7. The topological polar surface area (TPSA) is 17.1 Å². The van der Waals surface area contributed by atoms with E-state index in [1.807, 2.05) is 42.5 Å². The Morgan fingerprint density at radius 2 is 1.67 bits per heavy atom. The summed E-state index contributed by atoms with van der Waals surface area (Å²) in [5.41, 5.74) is 1.33. The van der Waals surface area contributed by atoms with E-state index in [2.05, 4.69) is 15.9 Å². The van der Waals surface area contributed by atoms with E-state index >= 15 is 0 Å². The molecule has 0 heterocycles. The summed E-state index contributed by atoms with van der Waals surface area (Å²) >= 11 is 3.15. The lowest BCUT2D eigenvalue weighted by Crippen LogP contribution is -2.05. The summed E-state index contributed by atoms with van der Waals surface area (Å²) in [7, 11) is 0. The molecule has 0 fully saturated rings. The number of hydrogen-bond acceptors (Lipinski definition) is 1. The Morgan fingerprint density at radius 3 is 2.52 bits per heavy atom. The van der Waals surface area contributed by atoms with Gasteiger partial charge in [-0.15, -0.1) is 0 Å². The molecule has 0 radical (unpaired) electrons. The molecule has 104 valence electrons. The molecule has 1 nitrogen and oxygen atoms in total. The zero-order valence-electron chi connectivity index (χ0n) is 11.1. The van der Waals surface area contributed by atoms with Crippen molar-refractivity contribution in [3.05, 3.63) is 82.1 Å². The van der Waals surface area contributed by atoms with E-state index in [1.165, 1.54) is 6.07 Å². The van der Waals surface area contributed by atoms with Crippen molar-refractivity contribution >= 4 is 32.5 Å². The summed E-state index contributed by atoms with van der Waals surface area (Å²) in [5.74, 6) is -0.517. The van der Waals surface area contributed by atoms with E-state index in [0.29, 0.717) is 5.56 Å². The summed E-state index contributed by atoms with van der Waals surface area (Å²) < 4.78 is 13.8. The van der Waals surface area contributed by atoms with Crippen LogP contribution in [-0.2, 0) is 6.42 Å². The van der Waals surface area contributed by atoms with Gasteiger partial charge in [-0.3, -0.25) is 4.79 Å². The number of halogens is 2. The van der Waals surface area contributed by atoms with Crippen molar-refractivity contribution in [2.75, 3.05) is 0 Å². The van der Waals surface area contributed by atoms with E-state index in [0.717, 1.165) is 16.3 Å². The zero-order chi connectivity index (χ0) is 14.8. The highest BCUT2D eigenvalue weighted by molar-refractivity contribution is 9.10. The fourth-order valence-electron chi connectivity index (χ4n) is 2.43. The molecule has 0 aliphatic heterocycles. The Bertz CT molecular complexity index is 821. The van der Waals surface area contributed by atoms with Crippen molar-refractivity contribution in [3.8, 4) is 0 Å². The van der Waals surface area contributed by atoms with Gasteiger partial charge in [-0.1, -0.05) is 54.6 Å². The molecule has 3 heteroatoms. The highest BCUT2D eigenvalue weighted by Crippen LogP contribution is 2.24. The number of hydrogen-bond donors (Lipinski definition) is 0. The van der Waals surface area contributed by atoms with Crippen LogP contribution >= 0.6 is 15.9 Å². The molecule has 21 heavy (non-hydrogen) atoms. The molecular weight excluding hydrogens is 331 g/mol. The second-order valence-electron chi connectivity index (χ2n) is 4.84. The third kappa shape index (κ3) is 2.74. The third-order valence-electron chi connectivity index (χ3n) is 3.48. The summed E-state index contributed by atoms with van der Waals surface area (Å²) in [4.78, 5) is 12.4. The van der Waals surface area contributed by atoms with Gasteiger partial charge in [0.15, 0.2) is 5.78 Å². The average Bonchev–Trinajstić information content (AvgIpc) is 2.50. The van der Waals surface area contributed by atoms with E-state index in [9.17, 15) is 9.18 Å². The maximum atomic E-state index is 13.5. The molecule has 3 aromatic rings. The number of rotatable bonds is 3. The summed E-state index contributed by atoms with van der Waals surface area (Å²) in [6.45, 7) is 0. The molecule has 0 atom stereocenters. The summed E-state index contributed by atoms with van der Waals surface area (Å²) in [5, 5.41) is 2.15. The first kappa shape index (κ1) is 14.0. The molecule has 0 bridgehead atoms. The van der Waals surface area contributed by atoms with E-state index < -0.39 is 5.82 Å². The molecule has 3 aromatic carbocycles. The van der Waals surface area contributed by atoms with Crippen LogP contribution in [0.15, 0.2) is 65.1 Å². The predicted molar refractivity (Wildman–Crippen MR) is 86.1 cm³/mol. The lowest BCUT2D eigenvalue weighted by atomic mass is 9.98. The number of Topliss-reactive ketones (excluding diaryl/α,β-unsaturated/α-hetero) is 1. The Hall–Kier alpha value is -2.00. The van der Waals surface area contributed by atoms with Crippen LogP contribution < -0.4 is 0 Å². The molecule has 0 amide bonds. The van der Waals surface area contributed by atoms with Gasteiger partial charge in [0.2, 0.25) is 0 Å². The van der Waals surface area contributed by atoms with Gasteiger partial charge in [0.25, 0.3) is 0 Å². The number of benzene rings is 3. The molecule has 0 unspecified atom stereocenters. The average molecular weight is 343 g/mol. The first-order chi connectivity index (χ1) is 10.2. The van der Waals surface area contributed by atoms with E-state index in [-0.39, 0.29) is 16.7 Å². The molecule has 0 saturated carbocycles. The lowest BCUT2D eigenvalue weighted by Gasteiger charge is -2.07. The van der Waals surface area contributed by atoms with Crippen LogP contribution in [0, 0.1) is 5.82 Å². The second-order valence-corrected chi connectivity index (χ2v) is 5.63. The van der Waals surface area contributed by atoms with Crippen LogP contribution in [0.3, 0.4) is 0 Å². The van der Waals surface area contributed by atoms with Crippen LogP contribution in [0.25, 0.3) is 10.8 Å². The molecule has 0 aromatic heterocycles. The van der Waals surface area contributed by atoms with Gasteiger partial charge in [0.05, 0.1) is 4.47 Å². The van der Waals surface area contributed by atoms with Gasteiger partial charge in [0.1, 0.15) is 5.82 Å². The van der Waals surface area contributed by atoms with E-state index in [4.69, 9.17) is 0 Å². The number of carbonyl (C=O) groups excluding carboxylic acids is 1. The standard InChI is InChI=1S/C18H12BrFO/c19-18-15(9-4-10-16(18)20)17(21)11-13-7-3-6-12-5-1-2-8-14(12)13/h1-10H,11H2. The van der Waals surface area contributed by atoms with Gasteiger partial charge in [-0.2, -0.15) is 0 Å². The highest BCUT2D eigenvalue weighted by atomic mass is 79.9. The molecule has 0 saturated heterocycles. The first-order valence-corrected chi connectivity index (χ1v) is 7.40. The van der Waals surface area contributed by atoms with Crippen molar-refractivity contribution in [2.24, 2.45) is 0 Å². The molecule has 0 spiro atoms. The largest absolute Gasteiger partial charge is 0.294 e. The van der Waals surface area contributed by atoms with Gasteiger partial charge in [0, 0.05) is 12.0 Å². The maximum Gasteiger partial charge on any atom is 0.168 e. The third-order valence-corrected chi connectivity index (χ3v) is 4.29. The Kier molecular flexibility index (Phi) is 3.84. The minimum atomic E-state index is -0.418. The maximum absolute atomic E-state index is 13.5. The highest BCUT2D eigenvalue weighted by Gasteiger charge is 2.14. The minimum absolute atomic E-state index is 0.0993. The monoisotopic (exact) mass is 342 g/mol. The minimum Gasteiger partial charge on any atom is -0.294 e. The van der Waals surface area contributed by atoms with Crippen LogP contribution in [0.4, 0.5) is 4.39 Å². The fraction of sp³-hybridized carbons (Fsp3) is 0.0556. The van der Waals surface area contributed by atoms with Crippen LogP contribution in [-0.4, -0.2) is 5.78 Å².